The van der Waals surface area contributed by atoms with Crippen molar-refractivity contribution in [3.63, 3.8) is 0 Å². The maximum absolute atomic E-state index is 11.6. The van der Waals surface area contributed by atoms with Gasteiger partial charge in [-0.05, 0) is 25.7 Å². The molecular weight excluding hydrogens is 256 g/mol. The van der Waals surface area contributed by atoms with Gasteiger partial charge in [0.2, 0.25) is 5.91 Å². The van der Waals surface area contributed by atoms with Gasteiger partial charge in [-0.2, -0.15) is 0 Å². The number of nitrogens with two attached hydrogens (primary N) is 2. The van der Waals surface area contributed by atoms with Crippen molar-refractivity contribution >= 4 is 17.5 Å². The number of aromatic nitrogens is 2. The first-order chi connectivity index (χ1) is 9.65. The van der Waals surface area contributed by atoms with Crippen LogP contribution in [-0.2, 0) is 11.2 Å². The largest absolute Gasteiger partial charge is 0.368 e. The molecule has 1 saturated heterocycles. The van der Waals surface area contributed by atoms with E-state index >= 15 is 0 Å². The topological polar surface area (TPSA) is 110 Å². The van der Waals surface area contributed by atoms with Gasteiger partial charge in [0, 0.05) is 19.0 Å². The summed E-state index contributed by atoms with van der Waals surface area (Å²) in [7, 11) is 0. The minimum Gasteiger partial charge on any atom is -0.368 e. The number of hydrogen-bond donors (Lipinski definition) is 3. The summed E-state index contributed by atoms with van der Waals surface area (Å²) in [6.45, 7) is 2.85. The van der Waals surface area contributed by atoms with Crippen LogP contribution in [0.25, 0.3) is 0 Å². The highest BCUT2D eigenvalue weighted by atomic mass is 16.1. The van der Waals surface area contributed by atoms with Crippen molar-refractivity contribution < 1.29 is 4.79 Å². The smallest absolute Gasteiger partial charge is 0.240 e. The van der Waals surface area contributed by atoms with Crippen LogP contribution in [0.2, 0.25) is 0 Å². The normalized spacial score (nSPS) is 18.9. The van der Waals surface area contributed by atoms with Gasteiger partial charge in [0.05, 0.1) is 0 Å². The van der Waals surface area contributed by atoms with Gasteiger partial charge in [-0.15, -0.1) is 0 Å². The molecule has 1 aromatic rings. The number of carbonyl (C=O) groups excluding carboxylic acids is 1. The number of nitrogens with one attached hydrogen (secondary N) is 1. The lowest BCUT2D eigenvalue weighted by Gasteiger charge is -2.34. The van der Waals surface area contributed by atoms with Gasteiger partial charge < -0.3 is 16.1 Å². The maximum atomic E-state index is 11.6. The van der Waals surface area contributed by atoms with Crippen LogP contribution in [0, 0.1) is 0 Å². The molecule has 1 unspecified atom stereocenters. The van der Waals surface area contributed by atoms with Gasteiger partial charge in [-0.25, -0.2) is 15.8 Å². The monoisotopic (exact) mass is 278 g/mol. The van der Waals surface area contributed by atoms with Gasteiger partial charge in [0.15, 0.2) is 0 Å². The minimum atomic E-state index is -0.303. The lowest BCUT2D eigenvalue weighted by molar-refractivity contribution is -0.119. The fraction of sp³-hybridized carbons (Fsp3) is 0.615. The van der Waals surface area contributed by atoms with Crippen LogP contribution in [0.1, 0.15) is 38.4 Å². The highest BCUT2D eigenvalue weighted by Gasteiger charge is 2.28. The second-order valence-corrected chi connectivity index (χ2v) is 5.03. The fourth-order valence-electron chi connectivity index (χ4n) is 2.54. The number of nitrogen functional groups attached to an aromatic ring is 1. The Morgan fingerprint density at radius 3 is 2.95 bits per heavy atom. The van der Waals surface area contributed by atoms with E-state index in [1.807, 2.05) is 4.90 Å². The van der Waals surface area contributed by atoms with Crippen LogP contribution >= 0.6 is 0 Å². The summed E-state index contributed by atoms with van der Waals surface area (Å²) < 4.78 is 0. The molecule has 0 aliphatic carbocycles. The van der Waals surface area contributed by atoms with Crippen LogP contribution in [0.5, 0.6) is 0 Å². The Bertz CT molecular complexity index is 478. The van der Waals surface area contributed by atoms with Gasteiger partial charge in [0.25, 0.3) is 0 Å². The summed E-state index contributed by atoms with van der Waals surface area (Å²) in [6, 6.07) is 1.47. The van der Waals surface area contributed by atoms with Gasteiger partial charge in [0.1, 0.15) is 23.5 Å². The molecule has 1 aromatic heterocycles. The molecule has 0 saturated carbocycles. The molecular formula is C13H22N6O. The summed E-state index contributed by atoms with van der Waals surface area (Å²) in [4.78, 5) is 22.4. The van der Waals surface area contributed by atoms with E-state index in [0.29, 0.717) is 5.82 Å². The molecule has 1 fully saturated rings. The highest BCUT2D eigenvalue weighted by Crippen LogP contribution is 2.25. The Labute approximate surface area is 118 Å². The number of nitrogens with zero attached hydrogens (tertiary/aromatic N) is 3. The molecule has 0 bridgehead atoms. The van der Waals surface area contributed by atoms with E-state index in [4.69, 9.17) is 11.6 Å². The number of amides is 1. The third-order valence-electron chi connectivity index (χ3n) is 3.51. The summed E-state index contributed by atoms with van der Waals surface area (Å²) in [5.41, 5.74) is 8.05. The molecule has 0 radical (unpaired) electrons. The molecule has 0 aromatic carbocycles. The van der Waals surface area contributed by atoms with Crippen molar-refractivity contribution in [3.05, 3.63) is 11.9 Å². The van der Waals surface area contributed by atoms with E-state index in [9.17, 15) is 4.79 Å². The third-order valence-corrected chi connectivity index (χ3v) is 3.51. The lowest BCUT2D eigenvalue weighted by Crippen LogP contribution is -2.48. The Kier molecular flexibility index (Phi) is 4.73. The van der Waals surface area contributed by atoms with E-state index < -0.39 is 0 Å². The Morgan fingerprint density at radius 1 is 1.50 bits per heavy atom. The van der Waals surface area contributed by atoms with E-state index in [-0.39, 0.29) is 11.9 Å². The zero-order valence-electron chi connectivity index (χ0n) is 11.8. The fourth-order valence-corrected chi connectivity index (χ4v) is 2.54. The Hall–Kier alpha value is -1.89. The van der Waals surface area contributed by atoms with Gasteiger partial charge in [-0.3, -0.25) is 4.79 Å². The van der Waals surface area contributed by atoms with Gasteiger partial charge >= 0.3 is 0 Å². The molecule has 1 aliphatic heterocycles. The number of piperidine rings is 1. The molecule has 7 heteroatoms. The predicted octanol–water partition coefficient (Wildman–Crippen LogP) is 0.559. The average Bonchev–Trinajstić information content (AvgIpc) is 2.47. The van der Waals surface area contributed by atoms with Gasteiger partial charge in [-0.1, -0.05) is 6.92 Å². The third kappa shape index (κ3) is 3.16. The number of anilines is 2. The minimum absolute atomic E-state index is 0.293. The van der Waals surface area contributed by atoms with E-state index in [2.05, 4.69) is 22.3 Å². The molecule has 1 aliphatic rings. The van der Waals surface area contributed by atoms with E-state index in [1.54, 1.807) is 6.07 Å². The van der Waals surface area contributed by atoms with Crippen LogP contribution in [0.15, 0.2) is 6.07 Å². The van der Waals surface area contributed by atoms with E-state index in [0.717, 1.165) is 50.3 Å². The summed E-state index contributed by atoms with van der Waals surface area (Å²) in [6.07, 6.45) is 4.54. The standard InChI is InChI=1S/C13H22N6O/c1-2-5-10-16-11(18-15)8-12(17-10)19-7-4-3-6-9(19)13(14)20/h8-9H,2-7,15H2,1H3,(H2,14,20)(H,16,17,18). The highest BCUT2D eigenvalue weighted by molar-refractivity contribution is 5.83. The van der Waals surface area contributed by atoms with Crippen molar-refractivity contribution in [2.75, 3.05) is 16.9 Å². The zero-order valence-corrected chi connectivity index (χ0v) is 11.8. The first kappa shape index (κ1) is 14.5. The first-order valence-corrected chi connectivity index (χ1v) is 7.06. The first-order valence-electron chi connectivity index (χ1n) is 7.06. The number of hydrazine groups is 1. The SMILES string of the molecule is CCCc1nc(NN)cc(N2CCCCC2C(N)=O)n1. The Balaban J connectivity index is 2.33. The molecule has 110 valence electrons. The molecule has 20 heavy (non-hydrogen) atoms. The number of aryl methyl sites for hydroxylation is 1. The molecule has 5 N–H and O–H groups in total. The average molecular weight is 278 g/mol. The summed E-state index contributed by atoms with van der Waals surface area (Å²) >= 11 is 0. The van der Waals surface area contributed by atoms with Crippen LogP contribution in [-0.4, -0.2) is 28.5 Å². The second kappa shape index (κ2) is 6.51. The number of rotatable bonds is 5. The van der Waals surface area contributed by atoms with Crippen molar-refractivity contribution in [1.29, 1.82) is 0 Å². The quantitative estimate of drug-likeness (QED) is 0.536. The van der Waals surface area contributed by atoms with Crippen molar-refractivity contribution in [1.82, 2.24) is 9.97 Å². The summed E-state index contributed by atoms with van der Waals surface area (Å²) in [5, 5.41) is 0. The van der Waals surface area contributed by atoms with Crippen LogP contribution in [0.3, 0.4) is 0 Å². The molecule has 1 amide bonds. The number of primary amides is 1. The van der Waals surface area contributed by atoms with Crippen molar-refractivity contribution in [3.8, 4) is 0 Å². The zero-order chi connectivity index (χ0) is 14.5. The lowest BCUT2D eigenvalue weighted by atomic mass is 10.0. The molecule has 7 nitrogen and oxygen atoms in total. The predicted molar refractivity (Wildman–Crippen MR) is 78.0 cm³/mol. The number of hydrogen-bond acceptors (Lipinski definition) is 6. The molecule has 1 atom stereocenters. The Morgan fingerprint density at radius 2 is 2.30 bits per heavy atom. The maximum Gasteiger partial charge on any atom is 0.240 e. The van der Waals surface area contributed by atoms with Crippen molar-refractivity contribution in [2.24, 2.45) is 11.6 Å². The van der Waals surface area contributed by atoms with Crippen LogP contribution < -0.4 is 21.9 Å². The molecule has 0 spiro atoms. The van der Waals surface area contributed by atoms with E-state index in [1.165, 1.54) is 0 Å². The number of carbonyl (C=O) groups is 1. The molecule has 2 heterocycles. The second-order valence-electron chi connectivity index (χ2n) is 5.03. The van der Waals surface area contributed by atoms with Crippen LogP contribution in [0.4, 0.5) is 11.6 Å². The summed E-state index contributed by atoms with van der Waals surface area (Å²) in [5.74, 6) is 7.17. The van der Waals surface area contributed by atoms with Crippen molar-refractivity contribution in [2.45, 2.75) is 45.1 Å². The molecule has 2 rings (SSSR count).